The van der Waals surface area contributed by atoms with E-state index in [1.165, 1.54) is 6.07 Å². The van der Waals surface area contributed by atoms with Crippen LogP contribution >= 0.6 is 0 Å². The molecule has 0 fully saturated rings. The zero-order valence-corrected chi connectivity index (χ0v) is 13.6. The molecule has 0 atom stereocenters. The lowest BCUT2D eigenvalue weighted by Crippen LogP contribution is -2.03. The van der Waals surface area contributed by atoms with Crippen molar-refractivity contribution >= 4 is 11.4 Å². The van der Waals surface area contributed by atoms with Crippen LogP contribution in [-0.2, 0) is 13.2 Å². The number of nitro groups is 1. The monoisotopic (exact) mass is 334 g/mol. The molecule has 0 radical (unpaired) electrons. The third-order valence-corrected chi connectivity index (χ3v) is 3.96. The Balaban J connectivity index is 1.92. The van der Waals surface area contributed by atoms with E-state index in [0.717, 1.165) is 22.3 Å². The Bertz CT molecular complexity index is 879. The molecule has 25 heavy (non-hydrogen) atoms. The van der Waals surface area contributed by atoms with Gasteiger partial charge in [0, 0.05) is 12.6 Å². The first-order valence-electron chi connectivity index (χ1n) is 7.94. The van der Waals surface area contributed by atoms with Crippen molar-refractivity contribution in [3.05, 3.63) is 94.0 Å². The summed E-state index contributed by atoms with van der Waals surface area (Å²) in [5, 5.41) is 23.8. The molecule has 3 aromatic carbocycles. The van der Waals surface area contributed by atoms with E-state index in [0.29, 0.717) is 12.2 Å². The highest BCUT2D eigenvalue weighted by Crippen LogP contribution is 2.31. The molecule has 0 aliphatic carbocycles. The second-order valence-electron chi connectivity index (χ2n) is 5.69. The van der Waals surface area contributed by atoms with Crippen LogP contribution < -0.4 is 5.32 Å². The van der Waals surface area contributed by atoms with Crippen LogP contribution in [0.5, 0.6) is 0 Å². The van der Waals surface area contributed by atoms with Gasteiger partial charge in [0.2, 0.25) is 0 Å². The van der Waals surface area contributed by atoms with Gasteiger partial charge in [-0.05, 0) is 40.5 Å². The molecule has 0 spiro atoms. The van der Waals surface area contributed by atoms with Gasteiger partial charge in [-0.3, -0.25) is 10.1 Å². The van der Waals surface area contributed by atoms with E-state index in [-0.39, 0.29) is 17.2 Å². The van der Waals surface area contributed by atoms with Crippen molar-refractivity contribution < 1.29 is 10.0 Å². The molecule has 0 aromatic heterocycles. The highest BCUT2D eigenvalue weighted by Gasteiger charge is 2.14. The normalized spacial score (nSPS) is 10.4. The Morgan fingerprint density at radius 2 is 1.60 bits per heavy atom. The molecule has 0 heterocycles. The smallest absolute Gasteiger partial charge is 0.292 e. The zero-order valence-electron chi connectivity index (χ0n) is 13.6. The minimum Gasteiger partial charge on any atom is -0.392 e. The number of benzene rings is 3. The van der Waals surface area contributed by atoms with Gasteiger partial charge in [0.25, 0.3) is 5.69 Å². The molecule has 0 bridgehead atoms. The topological polar surface area (TPSA) is 75.4 Å². The van der Waals surface area contributed by atoms with E-state index in [1.807, 2.05) is 54.6 Å². The fourth-order valence-electron chi connectivity index (χ4n) is 2.66. The van der Waals surface area contributed by atoms with E-state index in [2.05, 4.69) is 5.32 Å². The van der Waals surface area contributed by atoms with E-state index in [1.54, 1.807) is 12.1 Å². The van der Waals surface area contributed by atoms with Gasteiger partial charge in [-0.15, -0.1) is 0 Å². The third-order valence-electron chi connectivity index (χ3n) is 3.96. The maximum Gasteiger partial charge on any atom is 0.292 e. The lowest BCUT2D eigenvalue weighted by atomic mass is 10.0. The van der Waals surface area contributed by atoms with Gasteiger partial charge in [-0.2, -0.15) is 0 Å². The number of rotatable bonds is 6. The summed E-state index contributed by atoms with van der Waals surface area (Å²) < 4.78 is 0. The van der Waals surface area contributed by atoms with E-state index < -0.39 is 0 Å². The number of anilines is 1. The van der Waals surface area contributed by atoms with Gasteiger partial charge >= 0.3 is 0 Å². The summed E-state index contributed by atoms with van der Waals surface area (Å²) in [4.78, 5) is 10.9. The summed E-state index contributed by atoms with van der Waals surface area (Å²) >= 11 is 0. The fraction of sp³-hybridized carbons (Fsp3) is 0.100. The lowest BCUT2D eigenvalue weighted by molar-refractivity contribution is -0.384. The van der Waals surface area contributed by atoms with Gasteiger partial charge in [-0.1, -0.05) is 48.5 Å². The van der Waals surface area contributed by atoms with E-state index >= 15 is 0 Å². The van der Waals surface area contributed by atoms with Gasteiger partial charge in [0.15, 0.2) is 0 Å². The molecular formula is C20H18N2O3. The molecule has 5 nitrogen and oxygen atoms in total. The van der Waals surface area contributed by atoms with Gasteiger partial charge in [0.05, 0.1) is 11.5 Å². The Morgan fingerprint density at radius 1 is 0.880 bits per heavy atom. The molecule has 2 N–H and O–H groups in total. The number of hydrogen-bond donors (Lipinski definition) is 2. The van der Waals surface area contributed by atoms with Crippen LogP contribution in [0.3, 0.4) is 0 Å². The number of aliphatic hydroxyl groups excluding tert-OH is 1. The largest absolute Gasteiger partial charge is 0.392 e. The van der Waals surface area contributed by atoms with Crippen LogP contribution in [0.1, 0.15) is 11.1 Å². The average Bonchev–Trinajstić information content (AvgIpc) is 2.67. The third kappa shape index (κ3) is 4.02. The maximum atomic E-state index is 11.3. The molecule has 0 amide bonds. The number of aliphatic hydroxyl groups is 1. The Kier molecular flexibility index (Phi) is 5.06. The standard InChI is InChI=1S/C20H18N2O3/c23-14-16-7-4-8-17(11-16)18-9-10-20(22(24)25)19(12-18)21-13-15-5-2-1-3-6-15/h1-12,21,23H,13-14H2. The quantitative estimate of drug-likeness (QED) is 0.518. The molecule has 5 heteroatoms. The minimum absolute atomic E-state index is 0.0398. The van der Waals surface area contributed by atoms with Crippen molar-refractivity contribution in [1.82, 2.24) is 0 Å². The zero-order chi connectivity index (χ0) is 17.6. The fourth-order valence-corrected chi connectivity index (χ4v) is 2.66. The Hall–Kier alpha value is -3.18. The van der Waals surface area contributed by atoms with Gasteiger partial charge in [0.1, 0.15) is 5.69 Å². The second-order valence-corrected chi connectivity index (χ2v) is 5.69. The highest BCUT2D eigenvalue weighted by molar-refractivity contribution is 5.74. The summed E-state index contributed by atoms with van der Waals surface area (Å²) in [6.45, 7) is 0.460. The molecule has 0 saturated carbocycles. The summed E-state index contributed by atoms with van der Waals surface area (Å²) in [5.41, 5.74) is 4.12. The van der Waals surface area contributed by atoms with Crippen LogP contribution in [0, 0.1) is 10.1 Å². The number of nitrogens with one attached hydrogen (secondary N) is 1. The first-order valence-corrected chi connectivity index (χ1v) is 7.94. The van der Waals surface area contributed by atoms with E-state index in [9.17, 15) is 15.2 Å². The molecular weight excluding hydrogens is 316 g/mol. The molecule has 0 unspecified atom stereocenters. The Morgan fingerprint density at radius 3 is 2.32 bits per heavy atom. The van der Waals surface area contributed by atoms with Crippen molar-refractivity contribution in [2.24, 2.45) is 0 Å². The summed E-state index contributed by atoms with van der Waals surface area (Å²) in [6.07, 6.45) is 0. The Labute approximate surface area is 145 Å². The molecule has 0 aliphatic heterocycles. The van der Waals surface area contributed by atoms with Crippen molar-refractivity contribution in [2.75, 3.05) is 5.32 Å². The van der Waals surface area contributed by atoms with Crippen molar-refractivity contribution in [3.63, 3.8) is 0 Å². The summed E-state index contributed by atoms with van der Waals surface area (Å²) in [6, 6.07) is 22.2. The molecule has 126 valence electrons. The maximum absolute atomic E-state index is 11.3. The average molecular weight is 334 g/mol. The van der Waals surface area contributed by atoms with Crippen LogP contribution in [0.15, 0.2) is 72.8 Å². The molecule has 0 aliphatic rings. The SMILES string of the molecule is O=[N+]([O-])c1ccc(-c2cccc(CO)c2)cc1NCc1ccccc1. The van der Waals surface area contributed by atoms with Crippen molar-refractivity contribution in [3.8, 4) is 11.1 Å². The molecule has 0 saturated heterocycles. The molecule has 3 aromatic rings. The van der Waals surface area contributed by atoms with Crippen molar-refractivity contribution in [2.45, 2.75) is 13.2 Å². The summed E-state index contributed by atoms with van der Waals surface area (Å²) in [7, 11) is 0. The lowest BCUT2D eigenvalue weighted by Gasteiger charge is -2.10. The summed E-state index contributed by atoms with van der Waals surface area (Å²) in [5.74, 6) is 0. The predicted molar refractivity (Wildman–Crippen MR) is 98.2 cm³/mol. The number of nitro benzene ring substituents is 1. The first-order chi connectivity index (χ1) is 12.2. The minimum atomic E-state index is -0.388. The van der Waals surface area contributed by atoms with Gasteiger partial charge < -0.3 is 10.4 Å². The van der Waals surface area contributed by atoms with Crippen LogP contribution in [-0.4, -0.2) is 10.0 Å². The first kappa shape index (κ1) is 16.7. The highest BCUT2D eigenvalue weighted by atomic mass is 16.6. The van der Waals surface area contributed by atoms with E-state index in [4.69, 9.17) is 0 Å². The predicted octanol–water partition coefficient (Wildman–Crippen LogP) is 4.37. The second kappa shape index (κ2) is 7.59. The van der Waals surface area contributed by atoms with Crippen LogP contribution in [0.4, 0.5) is 11.4 Å². The van der Waals surface area contributed by atoms with Crippen LogP contribution in [0.25, 0.3) is 11.1 Å². The molecule has 3 rings (SSSR count). The van der Waals surface area contributed by atoms with Crippen molar-refractivity contribution in [1.29, 1.82) is 0 Å². The number of hydrogen-bond acceptors (Lipinski definition) is 4. The number of nitrogens with zero attached hydrogens (tertiary/aromatic N) is 1. The van der Waals surface area contributed by atoms with Crippen LogP contribution in [0.2, 0.25) is 0 Å². The van der Waals surface area contributed by atoms with Gasteiger partial charge in [-0.25, -0.2) is 0 Å².